The zero-order valence-corrected chi connectivity index (χ0v) is 9.97. The summed E-state index contributed by atoms with van der Waals surface area (Å²) < 4.78 is 5.75. The summed E-state index contributed by atoms with van der Waals surface area (Å²) in [5.41, 5.74) is 3.56. The van der Waals surface area contributed by atoms with Crippen molar-refractivity contribution in [2.75, 3.05) is 0 Å². The Morgan fingerprint density at radius 1 is 1.17 bits per heavy atom. The third-order valence-electron chi connectivity index (χ3n) is 3.32. The van der Waals surface area contributed by atoms with Crippen LogP contribution in [0.1, 0.15) is 22.6 Å². The average Bonchev–Trinajstić information content (AvgIpc) is 2.40. The Morgan fingerprint density at radius 3 is 2.72 bits per heavy atom. The van der Waals surface area contributed by atoms with Gasteiger partial charge in [0.15, 0.2) is 0 Å². The number of nitriles is 1. The molecule has 1 aliphatic carbocycles. The van der Waals surface area contributed by atoms with Crippen molar-refractivity contribution in [3.05, 3.63) is 65.2 Å². The normalized spacial score (nSPS) is 16.3. The van der Waals surface area contributed by atoms with Crippen LogP contribution in [-0.4, -0.2) is 0 Å². The van der Waals surface area contributed by atoms with Gasteiger partial charge < -0.3 is 4.74 Å². The fourth-order valence-corrected chi connectivity index (χ4v) is 2.24. The van der Waals surface area contributed by atoms with Gasteiger partial charge in [0.05, 0.1) is 12.0 Å². The molecule has 18 heavy (non-hydrogen) atoms. The number of fused-ring (bicyclic) bond motifs is 1. The lowest BCUT2D eigenvalue weighted by Crippen LogP contribution is -2.15. The summed E-state index contributed by atoms with van der Waals surface area (Å²) in [5.74, 6) is 0.970. The van der Waals surface area contributed by atoms with E-state index in [4.69, 9.17) is 10.00 Å². The molecule has 2 heteroatoms. The van der Waals surface area contributed by atoms with Crippen LogP contribution in [0, 0.1) is 11.3 Å². The molecule has 3 rings (SSSR count). The van der Waals surface area contributed by atoms with E-state index >= 15 is 0 Å². The molecule has 0 radical (unpaired) electrons. The average molecular weight is 235 g/mol. The molecule has 2 aromatic carbocycles. The molecule has 0 aromatic heterocycles. The molecule has 0 aliphatic heterocycles. The highest BCUT2D eigenvalue weighted by atomic mass is 16.5. The van der Waals surface area contributed by atoms with Crippen LogP contribution < -0.4 is 4.74 Å². The fraction of sp³-hybridized carbons (Fsp3) is 0.188. The molecule has 0 bridgehead atoms. The predicted molar refractivity (Wildman–Crippen MR) is 69.3 cm³/mol. The SMILES string of the molecule is N#CC1Cc2cc(OCc3ccccc3)ccc21. The molecule has 0 saturated carbocycles. The maximum absolute atomic E-state index is 8.87. The number of ether oxygens (including phenoxy) is 1. The Bertz CT molecular complexity index is 598. The largest absolute Gasteiger partial charge is 0.489 e. The molecule has 0 N–H and O–H groups in total. The minimum absolute atomic E-state index is 0.0863. The Morgan fingerprint density at radius 2 is 2.00 bits per heavy atom. The minimum atomic E-state index is 0.0863. The summed E-state index contributed by atoms with van der Waals surface area (Å²) in [6.45, 7) is 0.585. The van der Waals surface area contributed by atoms with Crippen LogP contribution in [0.25, 0.3) is 0 Å². The summed E-state index contributed by atoms with van der Waals surface area (Å²) in [6, 6.07) is 18.4. The lowest BCUT2D eigenvalue weighted by Gasteiger charge is -2.24. The van der Waals surface area contributed by atoms with E-state index in [2.05, 4.69) is 6.07 Å². The number of hydrogen-bond donors (Lipinski definition) is 0. The Kier molecular flexibility index (Phi) is 2.74. The van der Waals surface area contributed by atoms with Crippen molar-refractivity contribution in [2.24, 2.45) is 0 Å². The highest BCUT2D eigenvalue weighted by molar-refractivity contribution is 5.47. The molecule has 0 amide bonds. The van der Waals surface area contributed by atoms with Gasteiger partial charge in [0.1, 0.15) is 12.4 Å². The summed E-state index contributed by atoms with van der Waals surface area (Å²) in [4.78, 5) is 0. The van der Waals surface area contributed by atoms with Gasteiger partial charge in [-0.3, -0.25) is 0 Å². The molecule has 2 aromatic rings. The first kappa shape index (κ1) is 10.9. The van der Waals surface area contributed by atoms with E-state index in [0.29, 0.717) is 6.61 Å². The maximum atomic E-state index is 8.87. The Hall–Kier alpha value is -2.27. The van der Waals surface area contributed by atoms with Gasteiger partial charge in [0.25, 0.3) is 0 Å². The first-order valence-electron chi connectivity index (χ1n) is 6.06. The van der Waals surface area contributed by atoms with E-state index in [1.807, 2.05) is 48.5 Å². The smallest absolute Gasteiger partial charge is 0.120 e. The Balaban J connectivity index is 1.68. The van der Waals surface area contributed by atoms with Crippen molar-refractivity contribution in [1.82, 2.24) is 0 Å². The molecule has 1 unspecified atom stereocenters. The molecule has 1 aliphatic rings. The first-order chi connectivity index (χ1) is 8.86. The standard InChI is InChI=1S/C16H13NO/c17-10-14-8-13-9-15(6-7-16(13)14)18-11-12-4-2-1-3-5-12/h1-7,9,14H,8,11H2. The van der Waals surface area contributed by atoms with Gasteiger partial charge in [0.2, 0.25) is 0 Å². The van der Waals surface area contributed by atoms with Gasteiger partial charge in [-0.2, -0.15) is 5.26 Å². The molecule has 88 valence electrons. The molecule has 1 atom stereocenters. The van der Waals surface area contributed by atoms with Crippen molar-refractivity contribution >= 4 is 0 Å². The molecule has 2 nitrogen and oxygen atoms in total. The summed E-state index contributed by atoms with van der Waals surface area (Å²) in [6.07, 6.45) is 0.856. The van der Waals surface area contributed by atoms with Crippen molar-refractivity contribution in [3.8, 4) is 11.8 Å². The van der Waals surface area contributed by atoms with Crippen LogP contribution in [0.5, 0.6) is 5.75 Å². The highest BCUT2D eigenvalue weighted by Crippen LogP contribution is 2.36. The quantitative estimate of drug-likeness (QED) is 0.816. The Labute approximate surface area is 106 Å². The zero-order valence-electron chi connectivity index (χ0n) is 9.97. The van der Waals surface area contributed by atoms with Gasteiger partial charge in [-0.15, -0.1) is 0 Å². The van der Waals surface area contributed by atoms with E-state index in [1.165, 1.54) is 5.56 Å². The maximum Gasteiger partial charge on any atom is 0.120 e. The predicted octanol–water partition coefficient (Wildman–Crippen LogP) is 3.43. The third kappa shape index (κ3) is 1.96. The van der Waals surface area contributed by atoms with Crippen LogP contribution >= 0.6 is 0 Å². The van der Waals surface area contributed by atoms with Crippen molar-refractivity contribution in [3.63, 3.8) is 0 Å². The van der Waals surface area contributed by atoms with Crippen molar-refractivity contribution in [2.45, 2.75) is 18.9 Å². The van der Waals surface area contributed by atoms with E-state index in [1.54, 1.807) is 0 Å². The first-order valence-corrected chi connectivity index (χ1v) is 6.06. The lowest BCUT2D eigenvalue weighted by atomic mass is 9.78. The van der Waals surface area contributed by atoms with Crippen LogP contribution in [0.3, 0.4) is 0 Å². The number of benzene rings is 2. The summed E-state index contributed by atoms with van der Waals surface area (Å²) in [5, 5.41) is 8.87. The molecule has 0 spiro atoms. The van der Waals surface area contributed by atoms with Crippen LogP contribution in [0.4, 0.5) is 0 Å². The van der Waals surface area contributed by atoms with E-state index in [0.717, 1.165) is 23.3 Å². The molecular weight excluding hydrogens is 222 g/mol. The monoisotopic (exact) mass is 235 g/mol. The van der Waals surface area contributed by atoms with Crippen molar-refractivity contribution < 1.29 is 4.74 Å². The summed E-state index contributed by atoms with van der Waals surface area (Å²) >= 11 is 0. The second-order valence-electron chi connectivity index (χ2n) is 4.52. The topological polar surface area (TPSA) is 33.0 Å². The van der Waals surface area contributed by atoms with Crippen LogP contribution in [-0.2, 0) is 13.0 Å². The molecule has 0 fully saturated rings. The van der Waals surface area contributed by atoms with Crippen LogP contribution in [0.15, 0.2) is 48.5 Å². The number of hydrogen-bond acceptors (Lipinski definition) is 2. The molecular formula is C16H13NO. The van der Waals surface area contributed by atoms with Crippen LogP contribution in [0.2, 0.25) is 0 Å². The second kappa shape index (κ2) is 4.54. The van der Waals surface area contributed by atoms with E-state index < -0.39 is 0 Å². The van der Waals surface area contributed by atoms with Gasteiger partial charge in [-0.1, -0.05) is 36.4 Å². The fourth-order valence-electron chi connectivity index (χ4n) is 2.24. The second-order valence-corrected chi connectivity index (χ2v) is 4.52. The summed E-state index contributed by atoms with van der Waals surface area (Å²) in [7, 11) is 0. The minimum Gasteiger partial charge on any atom is -0.489 e. The zero-order chi connectivity index (χ0) is 12.4. The number of nitrogens with zero attached hydrogens (tertiary/aromatic N) is 1. The van der Waals surface area contributed by atoms with Gasteiger partial charge >= 0.3 is 0 Å². The lowest BCUT2D eigenvalue weighted by molar-refractivity contribution is 0.305. The van der Waals surface area contributed by atoms with Crippen molar-refractivity contribution in [1.29, 1.82) is 5.26 Å². The third-order valence-corrected chi connectivity index (χ3v) is 3.32. The van der Waals surface area contributed by atoms with Gasteiger partial charge in [0, 0.05) is 0 Å². The van der Waals surface area contributed by atoms with E-state index in [9.17, 15) is 0 Å². The highest BCUT2D eigenvalue weighted by Gasteiger charge is 2.25. The molecule has 0 heterocycles. The van der Waals surface area contributed by atoms with Gasteiger partial charge in [-0.05, 0) is 35.2 Å². The molecule has 0 saturated heterocycles. The van der Waals surface area contributed by atoms with Gasteiger partial charge in [-0.25, -0.2) is 0 Å². The number of rotatable bonds is 3. The van der Waals surface area contributed by atoms with E-state index in [-0.39, 0.29) is 5.92 Å².